The maximum absolute atomic E-state index is 12.4. The summed E-state index contributed by atoms with van der Waals surface area (Å²) in [5, 5.41) is 10.4. The summed E-state index contributed by atoms with van der Waals surface area (Å²) in [7, 11) is 0. The Bertz CT molecular complexity index is 1380. The molecular weight excluding hydrogens is 504 g/mol. The molecule has 0 saturated carbocycles. The second-order valence-electron chi connectivity index (χ2n) is 8.92. The molecule has 8 heteroatoms. The average Bonchev–Trinajstić information content (AvgIpc) is 2.91. The number of nitrogens with two attached hydrogens (primary N) is 1. The molecule has 1 heterocycles. The second-order valence-corrected chi connectivity index (χ2v) is 9.33. The van der Waals surface area contributed by atoms with E-state index in [1.807, 2.05) is 31.2 Å². The minimum Gasteiger partial charge on any atom is -0.494 e. The van der Waals surface area contributed by atoms with Crippen LogP contribution >= 0.6 is 11.6 Å². The van der Waals surface area contributed by atoms with Gasteiger partial charge in [0.2, 0.25) is 5.88 Å². The predicted octanol–water partition coefficient (Wildman–Crippen LogP) is 6.42. The summed E-state index contributed by atoms with van der Waals surface area (Å²) in [4.78, 5) is 12.4. The smallest absolute Gasteiger partial charge is 0.349 e. The largest absolute Gasteiger partial charge is 0.494 e. The number of hydrogen-bond donors (Lipinski definition) is 1. The van der Waals surface area contributed by atoms with Crippen molar-refractivity contribution >= 4 is 17.6 Å². The first kappa shape index (κ1) is 26.9. The van der Waals surface area contributed by atoms with Crippen LogP contribution in [0.2, 0.25) is 5.02 Å². The van der Waals surface area contributed by atoms with Crippen LogP contribution in [0.1, 0.15) is 48.8 Å². The van der Waals surface area contributed by atoms with E-state index in [0.29, 0.717) is 28.7 Å². The van der Waals surface area contributed by atoms with Crippen molar-refractivity contribution in [2.45, 2.75) is 39.0 Å². The molecule has 1 atom stereocenters. The fraction of sp³-hybridized carbons (Fsp3) is 0.267. The summed E-state index contributed by atoms with van der Waals surface area (Å²) in [6.45, 7) is 4.38. The third-order valence-corrected chi connectivity index (χ3v) is 6.56. The molecule has 1 aliphatic heterocycles. The van der Waals surface area contributed by atoms with Crippen molar-refractivity contribution in [3.8, 4) is 29.1 Å². The van der Waals surface area contributed by atoms with Gasteiger partial charge in [-0.1, -0.05) is 49.6 Å². The number of halogens is 1. The Morgan fingerprint density at radius 3 is 2.47 bits per heavy atom. The molecule has 0 amide bonds. The molecule has 0 aliphatic carbocycles. The molecule has 0 fully saturated rings. The van der Waals surface area contributed by atoms with E-state index in [-0.39, 0.29) is 18.2 Å². The Morgan fingerprint density at radius 1 is 1.03 bits per heavy atom. The number of benzene rings is 3. The lowest BCUT2D eigenvalue weighted by Gasteiger charge is -2.26. The molecule has 0 aromatic heterocycles. The van der Waals surface area contributed by atoms with Gasteiger partial charge in [0.1, 0.15) is 34.6 Å². The number of fused-ring (bicyclic) bond motifs is 1. The van der Waals surface area contributed by atoms with Crippen LogP contribution in [0.3, 0.4) is 0 Å². The van der Waals surface area contributed by atoms with Crippen molar-refractivity contribution in [1.29, 1.82) is 5.26 Å². The van der Waals surface area contributed by atoms with Gasteiger partial charge >= 0.3 is 5.97 Å². The van der Waals surface area contributed by atoms with Gasteiger partial charge in [0.05, 0.1) is 12.5 Å². The Labute approximate surface area is 227 Å². The Balaban J connectivity index is 1.47. The van der Waals surface area contributed by atoms with E-state index in [9.17, 15) is 10.1 Å². The Kier molecular flexibility index (Phi) is 8.77. The first-order chi connectivity index (χ1) is 18.4. The molecule has 7 nitrogen and oxygen atoms in total. The number of carbonyl (C=O) groups is 1. The summed E-state index contributed by atoms with van der Waals surface area (Å²) in [6.07, 6.45) is 3.26. The zero-order valence-corrected chi connectivity index (χ0v) is 22.1. The molecule has 0 saturated heterocycles. The molecule has 2 N–H and O–H groups in total. The maximum Gasteiger partial charge on any atom is 0.349 e. The highest BCUT2D eigenvalue weighted by Crippen LogP contribution is 2.43. The number of esters is 1. The van der Waals surface area contributed by atoms with Crippen LogP contribution in [-0.2, 0) is 4.79 Å². The molecule has 4 rings (SSSR count). The van der Waals surface area contributed by atoms with E-state index in [0.717, 1.165) is 41.7 Å². The molecule has 196 valence electrons. The minimum atomic E-state index is -0.583. The molecule has 1 aliphatic rings. The number of allylic oxidation sites excluding steroid dienone is 1. The highest BCUT2D eigenvalue weighted by Gasteiger charge is 2.31. The first-order valence-electron chi connectivity index (χ1n) is 12.4. The SMILES string of the molecule is CCCCCOc1ccc(C2C(C#N)=C(N)Oc3cc(OC(=O)COc4ccc(Cl)c(C)c4)ccc32)cc1. The number of carbonyl (C=O) groups excluding carboxylic acids is 1. The Morgan fingerprint density at radius 2 is 1.76 bits per heavy atom. The predicted molar refractivity (Wildman–Crippen MR) is 145 cm³/mol. The van der Waals surface area contributed by atoms with E-state index in [1.54, 1.807) is 36.4 Å². The fourth-order valence-corrected chi connectivity index (χ4v) is 4.27. The van der Waals surface area contributed by atoms with Crippen molar-refractivity contribution in [2.24, 2.45) is 5.73 Å². The van der Waals surface area contributed by atoms with E-state index in [2.05, 4.69) is 13.0 Å². The van der Waals surface area contributed by atoms with Gasteiger partial charge in [-0.3, -0.25) is 0 Å². The standard InChI is InChI=1S/C30H29ClN2O5/c1-3-4-5-14-35-21-8-6-20(7-9-21)29-24-12-10-23(16-27(24)38-30(33)25(29)17-32)37-28(34)18-36-22-11-13-26(31)19(2)15-22/h6-13,15-16,29H,3-5,14,18,33H2,1-2H3. The number of aryl methyl sites for hydroxylation is 1. The molecule has 0 spiro atoms. The van der Waals surface area contributed by atoms with E-state index >= 15 is 0 Å². The zero-order valence-electron chi connectivity index (χ0n) is 21.3. The van der Waals surface area contributed by atoms with Crippen LogP contribution < -0.4 is 24.7 Å². The summed E-state index contributed by atoms with van der Waals surface area (Å²) in [5.74, 6) is 0.957. The first-order valence-corrected chi connectivity index (χ1v) is 12.8. The topological polar surface area (TPSA) is 104 Å². The van der Waals surface area contributed by atoms with E-state index < -0.39 is 11.9 Å². The quantitative estimate of drug-likeness (QED) is 0.182. The lowest BCUT2D eigenvalue weighted by molar-refractivity contribution is -0.136. The number of nitriles is 1. The van der Waals surface area contributed by atoms with Crippen LogP contribution in [0.4, 0.5) is 0 Å². The van der Waals surface area contributed by atoms with Gasteiger partial charge in [0, 0.05) is 16.7 Å². The van der Waals surface area contributed by atoms with Crippen molar-refractivity contribution in [3.63, 3.8) is 0 Å². The molecule has 3 aromatic carbocycles. The van der Waals surface area contributed by atoms with E-state index in [4.69, 9.17) is 36.3 Å². The van der Waals surface area contributed by atoms with Crippen molar-refractivity contribution < 1.29 is 23.7 Å². The van der Waals surface area contributed by atoms with Crippen molar-refractivity contribution in [2.75, 3.05) is 13.2 Å². The monoisotopic (exact) mass is 532 g/mol. The van der Waals surface area contributed by atoms with Gasteiger partial charge < -0.3 is 24.7 Å². The van der Waals surface area contributed by atoms with E-state index in [1.165, 1.54) is 0 Å². The summed E-state index contributed by atoms with van der Waals surface area (Å²) >= 11 is 6.03. The number of unbranched alkanes of at least 4 members (excludes halogenated alkanes) is 2. The van der Waals surface area contributed by atoms with Crippen LogP contribution in [0.15, 0.2) is 72.1 Å². The fourth-order valence-electron chi connectivity index (χ4n) is 4.15. The lowest BCUT2D eigenvalue weighted by Crippen LogP contribution is -2.21. The summed E-state index contributed by atoms with van der Waals surface area (Å²) in [5.41, 5.74) is 8.87. The van der Waals surface area contributed by atoms with Crippen LogP contribution in [0, 0.1) is 18.3 Å². The highest BCUT2D eigenvalue weighted by molar-refractivity contribution is 6.31. The average molecular weight is 533 g/mol. The number of hydrogen-bond acceptors (Lipinski definition) is 7. The lowest BCUT2D eigenvalue weighted by atomic mass is 9.83. The van der Waals surface area contributed by atoms with Crippen molar-refractivity contribution in [1.82, 2.24) is 0 Å². The summed E-state index contributed by atoms with van der Waals surface area (Å²) in [6, 6.07) is 19.9. The van der Waals surface area contributed by atoms with Crippen molar-refractivity contribution in [3.05, 3.63) is 93.8 Å². The van der Waals surface area contributed by atoms with Crippen LogP contribution in [-0.4, -0.2) is 19.2 Å². The normalized spacial score (nSPS) is 14.2. The minimum absolute atomic E-state index is 0.00908. The van der Waals surface area contributed by atoms with Gasteiger partial charge in [-0.2, -0.15) is 5.26 Å². The molecule has 0 radical (unpaired) electrons. The second kappa shape index (κ2) is 12.4. The molecule has 0 bridgehead atoms. The summed E-state index contributed by atoms with van der Waals surface area (Å²) < 4.78 is 22.5. The molecule has 1 unspecified atom stereocenters. The van der Waals surface area contributed by atoms with Gasteiger partial charge in [-0.05, 0) is 60.9 Å². The number of ether oxygens (including phenoxy) is 4. The number of nitrogens with zero attached hydrogens (tertiary/aromatic N) is 1. The van der Waals surface area contributed by atoms with Gasteiger partial charge in [-0.25, -0.2) is 4.79 Å². The maximum atomic E-state index is 12.4. The van der Waals surface area contributed by atoms with Crippen LogP contribution in [0.25, 0.3) is 0 Å². The third kappa shape index (κ3) is 6.39. The molecular formula is C30H29ClN2O5. The van der Waals surface area contributed by atoms with Gasteiger partial charge in [0.15, 0.2) is 6.61 Å². The van der Waals surface area contributed by atoms with Crippen LogP contribution in [0.5, 0.6) is 23.0 Å². The zero-order chi connectivity index (χ0) is 27.1. The highest BCUT2D eigenvalue weighted by atomic mass is 35.5. The van der Waals surface area contributed by atoms with Gasteiger partial charge in [-0.15, -0.1) is 0 Å². The molecule has 38 heavy (non-hydrogen) atoms. The van der Waals surface area contributed by atoms with Gasteiger partial charge in [0.25, 0.3) is 0 Å². The Hall–Kier alpha value is -4.15. The number of rotatable bonds is 10. The third-order valence-electron chi connectivity index (χ3n) is 6.14. The molecule has 3 aromatic rings.